The number of amides is 1. The molecule has 1 amide bonds. The van der Waals surface area contributed by atoms with Crippen LogP contribution in [0.4, 0.5) is 5.69 Å². The van der Waals surface area contributed by atoms with Gasteiger partial charge in [0.1, 0.15) is 0 Å². The van der Waals surface area contributed by atoms with Crippen molar-refractivity contribution < 1.29 is 18.4 Å². The Balaban J connectivity index is 3.22. The number of carbonyl (C=O) groups is 1. The van der Waals surface area contributed by atoms with Crippen molar-refractivity contribution in [2.24, 2.45) is 0 Å². The molecule has 6 heteroatoms. The first-order valence-electron chi connectivity index (χ1n) is 4.62. The van der Waals surface area contributed by atoms with Crippen LogP contribution in [0.2, 0.25) is 0 Å². The van der Waals surface area contributed by atoms with E-state index in [4.69, 9.17) is 9.05 Å². The van der Waals surface area contributed by atoms with E-state index in [-0.39, 0.29) is 5.91 Å². The van der Waals surface area contributed by atoms with Gasteiger partial charge in [-0.1, -0.05) is 12.1 Å². The van der Waals surface area contributed by atoms with Gasteiger partial charge in [0.15, 0.2) is 0 Å². The first-order valence-corrected chi connectivity index (χ1v) is 6.16. The van der Waals surface area contributed by atoms with Crippen LogP contribution in [0.3, 0.4) is 0 Å². The highest BCUT2D eigenvalue weighted by Gasteiger charge is 2.27. The molecule has 1 N–H and O–H groups in total. The molecule has 1 aromatic carbocycles. The molecule has 0 atom stereocenters. The van der Waals surface area contributed by atoms with Crippen LogP contribution in [0.5, 0.6) is 0 Å². The van der Waals surface area contributed by atoms with Crippen LogP contribution in [0.1, 0.15) is 6.92 Å². The smallest absolute Gasteiger partial charge is 0.325 e. The average molecular weight is 243 g/mol. The minimum absolute atomic E-state index is 0.244. The largest absolute Gasteiger partial charge is 0.362 e. The van der Waals surface area contributed by atoms with Gasteiger partial charge in [-0.05, 0) is 12.1 Å². The zero-order valence-corrected chi connectivity index (χ0v) is 10.3. The van der Waals surface area contributed by atoms with Gasteiger partial charge in [0.25, 0.3) is 0 Å². The summed E-state index contributed by atoms with van der Waals surface area (Å²) in [7, 11) is -0.741. The lowest BCUT2D eigenvalue weighted by Crippen LogP contribution is -2.17. The SMILES string of the molecule is COP(=O)(OC)c1ccccc1NC(C)=O. The van der Waals surface area contributed by atoms with E-state index in [1.165, 1.54) is 21.1 Å². The van der Waals surface area contributed by atoms with Crippen LogP contribution >= 0.6 is 7.60 Å². The molecule has 0 saturated heterocycles. The number of carbonyl (C=O) groups excluding carboxylic acids is 1. The maximum absolute atomic E-state index is 12.2. The van der Waals surface area contributed by atoms with E-state index >= 15 is 0 Å². The third kappa shape index (κ3) is 2.70. The number of para-hydroxylation sites is 1. The maximum atomic E-state index is 12.2. The van der Waals surface area contributed by atoms with Gasteiger partial charge in [0, 0.05) is 21.1 Å². The molecule has 0 aliphatic rings. The highest BCUT2D eigenvalue weighted by Crippen LogP contribution is 2.46. The molecule has 0 unspecified atom stereocenters. The second kappa shape index (κ2) is 5.25. The van der Waals surface area contributed by atoms with E-state index in [0.29, 0.717) is 11.0 Å². The summed E-state index contributed by atoms with van der Waals surface area (Å²) in [4.78, 5) is 11.0. The quantitative estimate of drug-likeness (QED) is 0.818. The Morgan fingerprint density at radius 3 is 2.31 bits per heavy atom. The summed E-state index contributed by atoms with van der Waals surface area (Å²) in [5.74, 6) is -0.244. The van der Waals surface area contributed by atoms with Crippen molar-refractivity contribution in [1.82, 2.24) is 0 Å². The van der Waals surface area contributed by atoms with Crippen molar-refractivity contribution in [3.63, 3.8) is 0 Å². The number of anilines is 1. The van der Waals surface area contributed by atoms with Gasteiger partial charge in [-0.15, -0.1) is 0 Å². The number of hydrogen-bond acceptors (Lipinski definition) is 4. The van der Waals surface area contributed by atoms with Crippen LogP contribution in [0, 0.1) is 0 Å². The van der Waals surface area contributed by atoms with Crippen LogP contribution < -0.4 is 10.6 Å². The zero-order chi connectivity index (χ0) is 12.2. The van der Waals surface area contributed by atoms with E-state index < -0.39 is 7.60 Å². The van der Waals surface area contributed by atoms with E-state index in [9.17, 15) is 9.36 Å². The Hall–Kier alpha value is -1.16. The molecule has 1 aromatic rings. The monoisotopic (exact) mass is 243 g/mol. The van der Waals surface area contributed by atoms with Crippen molar-refractivity contribution in [1.29, 1.82) is 0 Å². The van der Waals surface area contributed by atoms with E-state index in [1.807, 2.05) is 0 Å². The molecular weight excluding hydrogens is 229 g/mol. The highest BCUT2D eigenvalue weighted by molar-refractivity contribution is 7.62. The Morgan fingerprint density at radius 2 is 1.81 bits per heavy atom. The van der Waals surface area contributed by atoms with Crippen molar-refractivity contribution in [3.05, 3.63) is 24.3 Å². The van der Waals surface area contributed by atoms with E-state index in [1.54, 1.807) is 24.3 Å². The predicted molar refractivity (Wildman–Crippen MR) is 62.0 cm³/mol. The van der Waals surface area contributed by atoms with Gasteiger partial charge in [-0.3, -0.25) is 9.36 Å². The Morgan fingerprint density at radius 1 is 1.25 bits per heavy atom. The standard InChI is InChI=1S/C10H14NO4P/c1-8(12)11-9-6-4-5-7-10(9)16(13,14-2)15-3/h4-7H,1-3H3,(H,11,12). The van der Waals surface area contributed by atoms with Crippen LogP contribution in [0.15, 0.2) is 24.3 Å². The molecule has 0 saturated carbocycles. The number of rotatable bonds is 4. The third-order valence-electron chi connectivity index (χ3n) is 1.99. The van der Waals surface area contributed by atoms with Gasteiger partial charge in [0.05, 0.1) is 11.0 Å². The summed E-state index contributed by atoms with van der Waals surface area (Å²) in [5, 5.41) is 2.92. The van der Waals surface area contributed by atoms with Crippen molar-refractivity contribution in [2.75, 3.05) is 19.5 Å². The van der Waals surface area contributed by atoms with E-state index in [2.05, 4.69) is 5.32 Å². The molecule has 0 aliphatic carbocycles. The third-order valence-corrected chi connectivity index (χ3v) is 3.93. The lowest BCUT2D eigenvalue weighted by Gasteiger charge is -2.17. The zero-order valence-electron chi connectivity index (χ0n) is 9.39. The molecule has 0 heterocycles. The first kappa shape index (κ1) is 12.9. The van der Waals surface area contributed by atoms with Gasteiger partial charge in [0.2, 0.25) is 5.91 Å². The second-order valence-corrected chi connectivity index (χ2v) is 5.27. The fraction of sp³-hybridized carbons (Fsp3) is 0.300. The summed E-state index contributed by atoms with van der Waals surface area (Å²) in [6, 6.07) is 6.66. The minimum atomic E-state index is -3.34. The van der Waals surface area contributed by atoms with Gasteiger partial charge < -0.3 is 14.4 Å². The summed E-state index contributed by atoms with van der Waals surface area (Å²) in [5.41, 5.74) is 0.432. The van der Waals surface area contributed by atoms with Gasteiger partial charge in [-0.2, -0.15) is 0 Å². The highest BCUT2D eigenvalue weighted by atomic mass is 31.2. The maximum Gasteiger partial charge on any atom is 0.362 e. The predicted octanol–water partition coefficient (Wildman–Crippen LogP) is 1.76. The summed E-state index contributed by atoms with van der Waals surface area (Å²) in [6.45, 7) is 1.38. The molecule has 0 radical (unpaired) electrons. The molecule has 16 heavy (non-hydrogen) atoms. The fourth-order valence-electron chi connectivity index (χ4n) is 1.28. The molecule has 0 aliphatic heterocycles. The molecule has 0 fully saturated rings. The topological polar surface area (TPSA) is 64.6 Å². The minimum Gasteiger partial charge on any atom is -0.325 e. The first-order chi connectivity index (χ1) is 7.53. The summed E-state index contributed by atoms with van der Waals surface area (Å²) >= 11 is 0. The summed E-state index contributed by atoms with van der Waals surface area (Å²) in [6.07, 6.45) is 0. The molecule has 0 aromatic heterocycles. The normalized spacial score (nSPS) is 11.2. The Kier molecular flexibility index (Phi) is 4.24. The molecule has 0 bridgehead atoms. The van der Waals surface area contributed by atoms with Crippen molar-refractivity contribution in [2.45, 2.75) is 6.92 Å². The van der Waals surface area contributed by atoms with Crippen LogP contribution in [-0.4, -0.2) is 20.1 Å². The average Bonchev–Trinajstić information content (AvgIpc) is 2.28. The molecule has 1 rings (SSSR count). The van der Waals surface area contributed by atoms with Crippen molar-refractivity contribution in [3.8, 4) is 0 Å². The molecule has 5 nitrogen and oxygen atoms in total. The number of hydrogen-bond donors (Lipinski definition) is 1. The van der Waals surface area contributed by atoms with Gasteiger partial charge >= 0.3 is 7.60 Å². The number of nitrogens with one attached hydrogen (secondary N) is 1. The molecule has 0 spiro atoms. The summed E-state index contributed by atoms with van der Waals surface area (Å²) < 4.78 is 21.9. The van der Waals surface area contributed by atoms with E-state index in [0.717, 1.165) is 0 Å². The van der Waals surface area contributed by atoms with Gasteiger partial charge in [-0.25, -0.2) is 0 Å². The van der Waals surface area contributed by atoms with Crippen molar-refractivity contribution >= 4 is 24.5 Å². The van der Waals surface area contributed by atoms with Crippen LogP contribution in [-0.2, 0) is 18.4 Å². The Labute approximate surface area is 94.3 Å². The lowest BCUT2D eigenvalue weighted by atomic mass is 10.3. The second-order valence-electron chi connectivity index (χ2n) is 3.06. The molecule has 88 valence electrons. The Bertz CT molecular complexity index is 425. The van der Waals surface area contributed by atoms with Crippen LogP contribution in [0.25, 0.3) is 0 Å². The number of benzene rings is 1. The lowest BCUT2D eigenvalue weighted by molar-refractivity contribution is -0.114. The molecular formula is C10H14NO4P. The fourth-order valence-corrected chi connectivity index (χ4v) is 2.52.